The molecule has 0 bridgehead atoms. The van der Waals surface area contributed by atoms with Gasteiger partial charge in [-0.25, -0.2) is 4.98 Å². The van der Waals surface area contributed by atoms with Crippen molar-refractivity contribution < 1.29 is 0 Å². The third kappa shape index (κ3) is 8.04. The molecular weight excluding hydrogens is 262 g/mol. The molecule has 0 fully saturated rings. The van der Waals surface area contributed by atoms with Crippen LogP contribution in [0.5, 0.6) is 0 Å². The van der Waals surface area contributed by atoms with E-state index in [1.807, 2.05) is 11.3 Å². The second kappa shape index (κ2) is 11.3. The molecule has 0 saturated heterocycles. The Morgan fingerprint density at radius 2 is 1.55 bits per heavy atom. The molecule has 0 amide bonds. The number of rotatable bonds is 12. The van der Waals surface area contributed by atoms with E-state index in [0.29, 0.717) is 0 Å². The van der Waals surface area contributed by atoms with E-state index in [0.717, 1.165) is 5.92 Å². The third-order valence-corrected chi connectivity index (χ3v) is 5.03. The first-order chi connectivity index (χ1) is 9.76. The first-order valence-corrected chi connectivity index (χ1v) is 9.49. The summed E-state index contributed by atoms with van der Waals surface area (Å²) in [5.74, 6) is 0.892. The highest BCUT2D eigenvalue weighted by Gasteiger charge is 2.11. The van der Waals surface area contributed by atoms with Gasteiger partial charge in [0.15, 0.2) is 0 Å². The average Bonchev–Trinajstić information content (AvgIpc) is 2.84. The Morgan fingerprint density at radius 1 is 0.950 bits per heavy atom. The number of unbranched alkanes of at least 4 members (excludes halogenated alkanes) is 6. The molecule has 1 nitrogen and oxygen atoms in total. The maximum Gasteiger partial charge on any atom is 0.0896 e. The molecule has 1 heterocycles. The van der Waals surface area contributed by atoms with Gasteiger partial charge in [0.05, 0.1) is 5.01 Å². The van der Waals surface area contributed by atoms with Gasteiger partial charge in [-0.15, -0.1) is 11.3 Å². The predicted octanol–water partition coefficient (Wildman–Crippen LogP) is 6.55. The molecule has 0 spiro atoms. The second-order valence-corrected chi connectivity index (χ2v) is 7.43. The van der Waals surface area contributed by atoms with Gasteiger partial charge in [-0.1, -0.05) is 78.1 Å². The molecule has 1 rings (SSSR count). The van der Waals surface area contributed by atoms with E-state index in [9.17, 15) is 0 Å². The average molecular weight is 296 g/mol. The Bertz CT molecular complexity index is 320. The molecule has 20 heavy (non-hydrogen) atoms. The molecule has 0 atom stereocenters. The lowest BCUT2D eigenvalue weighted by atomic mass is 9.91. The zero-order valence-corrected chi connectivity index (χ0v) is 14.6. The van der Waals surface area contributed by atoms with Gasteiger partial charge in [-0.05, 0) is 19.3 Å². The van der Waals surface area contributed by atoms with Crippen LogP contribution in [0.15, 0.2) is 6.20 Å². The number of hydrogen-bond donors (Lipinski definition) is 0. The molecule has 0 aromatic carbocycles. The highest BCUT2D eigenvalue weighted by Crippen LogP contribution is 2.25. The van der Waals surface area contributed by atoms with Crippen LogP contribution in [0.3, 0.4) is 0 Å². The third-order valence-electron chi connectivity index (χ3n) is 4.09. The maximum atomic E-state index is 4.41. The molecule has 0 aliphatic carbocycles. The fraction of sp³-hybridized carbons (Fsp3) is 0.833. The van der Waals surface area contributed by atoms with E-state index in [1.165, 1.54) is 80.5 Å². The topological polar surface area (TPSA) is 12.9 Å². The number of thiazole rings is 1. The van der Waals surface area contributed by atoms with Gasteiger partial charge in [0.2, 0.25) is 0 Å². The minimum atomic E-state index is 0.892. The summed E-state index contributed by atoms with van der Waals surface area (Å²) in [5.41, 5.74) is 0. The molecular formula is C18H33NS. The van der Waals surface area contributed by atoms with Crippen molar-refractivity contribution in [2.75, 3.05) is 0 Å². The molecule has 0 unspecified atom stereocenters. The van der Waals surface area contributed by atoms with Crippen molar-refractivity contribution in [3.8, 4) is 0 Å². The van der Waals surface area contributed by atoms with Gasteiger partial charge in [0.1, 0.15) is 0 Å². The zero-order valence-electron chi connectivity index (χ0n) is 13.8. The van der Waals surface area contributed by atoms with Crippen molar-refractivity contribution in [3.05, 3.63) is 16.1 Å². The molecule has 2 heteroatoms. The fourth-order valence-corrected chi connectivity index (χ4v) is 3.76. The summed E-state index contributed by atoms with van der Waals surface area (Å²) in [6, 6.07) is 0. The minimum absolute atomic E-state index is 0.892. The van der Waals surface area contributed by atoms with Crippen LogP contribution in [0.2, 0.25) is 0 Å². The van der Waals surface area contributed by atoms with E-state index in [1.54, 1.807) is 0 Å². The van der Waals surface area contributed by atoms with E-state index >= 15 is 0 Å². The van der Waals surface area contributed by atoms with E-state index < -0.39 is 0 Å². The quantitative estimate of drug-likeness (QED) is 0.398. The summed E-state index contributed by atoms with van der Waals surface area (Å²) in [7, 11) is 0. The van der Waals surface area contributed by atoms with Crippen LogP contribution < -0.4 is 0 Å². The summed E-state index contributed by atoms with van der Waals surface area (Å²) in [6.45, 7) is 6.70. The summed E-state index contributed by atoms with van der Waals surface area (Å²) >= 11 is 1.89. The largest absolute Gasteiger partial charge is 0.250 e. The second-order valence-electron chi connectivity index (χ2n) is 6.11. The van der Waals surface area contributed by atoms with Crippen molar-refractivity contribution in [3.63, 3.8) is 0 Å². The number of nitrogens with zero attached hydrogens (tertiary/aromatic N) is 1. The summed E-state index contributed by atoms with van der Waals surface area (Å²) in [6.07, 6.45) is 17.4. The molecule has 0 N–H and O–H groups in total. The highest BCUT2D eigenvalue weighted by atomic mass is 32.1. The van der Waals surface area contributed by atoms with E-state index in [2.05, 4.69) is 32.0 Å². The van der Waals surface area contributed by atoms with Gasteiger partial charge in [0.25, 0.3) is 0 Å². The van der Waals surface area contributed by atoms with E-state index in [4.69, 9.17) is 0 Å². The van der Waals surface area contributed by atoms with Gasteiger partial charge < -0.3 is 0 Å². The maximum absolute atomic E-state index is 4.41. The summed E-state index contributed by atoms with van der Waals surface area (Å²) in [4.78, 5) is 5.91. The van der Waals surface area contributed by atoms with Gasteiger partial charge in [0, 0.05) is 11.1 Å². The lowest BCUT2D eigenvalue weighted by Gasteiger charge is -2.16. The Balaban J connectivity index is 2.33. The Morgan fingerprint density at radius 3 is 2.00 bits per heavy atom. The molecule has 0 saturated carbocycles. The van der Waals surface area contributed by atoms with Crippen molar-refractivity contribution in [2.24, 2.45) is 5.92 Å². The summed E-state index contributed by atoms with van der Waals surface area (Å²) < 4.78 is 0. The van der Waals surface area contributed by atoms with Crippen molar-refractivity contribution in [1.82, 2.24) is 4.98 Å². The monoisotopic (exact) mass is 295 g/mol. The van der Waals surface area contributed by atoms with Crippen LogP contribution in [0.4, 0.5) is 0 Å². The van der Waals surface area contributed by atoms with Crippen molar-refractivity contribution >= 4 is 11.3 Å². The first-order valence-electron chi connectivity index (χ1n) is 8.67. The van der Waals surface area contributed by atoms with Gasteiger partial charge in [-0.2, -0.15) is 0 Å². The van der Waals surface area contributed by atoms with Crippen LogP contribution in [0.25, 0.3) is 0 Å². The smallest absolute Gasteiger partial charge is 0.0896 e. The highest BCUT2D eigenvalue weighted by molar-refractivity contribution is 7.11. The molecule has 116 valence electrons. The molecule has 1 aromatic heterocycles. The number of aromatic nitrogens is 1. The lowest BCUT2D eigenvalue weighted by Crippen LogP contribution is -2.04. The Kier molecular flexibility index (Phi) is 10.00. The first kappa shape index (κ1) is 17.7. The predicted molar refractivity (Wildman–Crippen MR) is 91.6 cm³/mol. The van der Waals surface area contributed by atoms with Gasteiger partial charge >= 0.3 is 0 Å². The molecule has 0 aliphatic heterocycles. The van der Waals surface area contributed by atoms with Crippen molar-refractivity contribution in [1.29, 1.82) is 0 Å². The van der Waals surface area contributed by atoms with Crippen LogP contribution in [-0.2, 0) is 6.42 Å². The Labute approximate surface area is 130 Å². The number of hydrogen-bond acceptors (Lipinski definition) is 2. The SMILES string of the molecule is CCCCCCC(CCCCCC)Cc1cnc(C)s1. The molecule has 0 aliphatic rings. The Hall–Kier alpha value is -0.370. The molecule has 0 radical (unpaired) electrons. The lowest BCUT2D eigenvalue weighted by molar-refractivity contribution is 0.406. The van der Waals surface area contributed by atoms with Crippen LogP contribution in [-0.4, -0.2) is 4.98 Å². The summed E-state index contributed by atoms with van der Waals surface area (Å²) in [5, 5.41) is 1.22. The van der Waals surface area contributed by atoms with Crippen LogP contribution in [0.1, 0.15) is 87.9 Å². The van der Waals surface area contributed by atoms with Crippen LogP contribution in [0, 0.1) is 12.8 Å². The van der Waals surface area contributed by atoms with Crippen molar-refractivity contribution in [2.45, 2.75) is 91.4 Å². The van der Waals surface area contributed by atoms with E-state index in [-0.39, 0.29) is 0 Å². The minimum Gasteiger partial charge on any atom is -0.250 e. The fourth-order valence-electron chi connectivity index (χ4n) is 2.85. The molecule has 1 aromatic rings. The standard InChI is InChI=1S/C18H33NS/c1-4-6-8-10-12-17(13-11-9-7-5-2)14-18-15-19-16(3)20-18/h15,17H,4-14H2,1-3H3. The van der Waals surface area contributed by atoms with Gasteiger partial charge in [-0.3, -0.25) is 0 Å². The zero-order chi connectivity index (χ0) is 14.6. The normalized spacial score (nSPS) is 11.4. The number of aryl methyl sites for hydroxylation is 1. The van der Waals surface area contributed by atoms with Crippen LogP contribution >= 0.6 is 11.3 Å².